The van der Waals surface area contributed by atoms with Crippen molar-refractivity contribution in [3.63, 3.8) is 0 Å². The number of alkyl halides is 2. The fourth-order valence-corrected chi connectivity index (χ4v) is 0.867. The minimum Gasteiger partial charge on any atom is -0.327 e. The summed E-state index contributed by atoms with van der Waals surface area (Å²) >= 11 is 0. The highest BCUT2D eigenvalue weighted by molar-refractivity contribution is 5.46. The Kier molecular flexibility index (Phi) is 2.58. The summed E-state index contributed by atoms with van der Waals surface area (Å²) in [5.74, 6) is -0.666. The van der Waals surface area contributed by atoms with Crippen LogP contribution in [0, 0.1) is 12.7 Å². The third kappa shape index (κ3) is 2.15. The van der Waals surface area contributed by atoms with Crippen molar-refractivity contribution >= 4 is 5.69 Å². The quantitative estimate of drug-likeness (QED) is 0.681. The molecule has 0 amide bonds. The molecule has 0 fully saturated rings. The lowest BCUT2D eigenvalue weighted by molar-refractivity contribution is 0.181. The first-order chi connectivity index (χ1) is 5.59. The fourth-order valence-electron chi connectivity index (χ4n) is 0.867. The summed E-state index contributed by atoms with van der Waals surface area (Å²) in [4.78, 5) is 0. The molecule has 0 aromatic heterocycles. The highest BCUT2D eigenvalue weighted by Crippen LogP contribution is 2.16. The van der Waals surface area contributed by atoms with Gasteiger partial charge in [-0.3, -0.25) is 0 Å². The maximum Gasteiger partial charge on any atom is 0.313 e. The summed E-state index contributed by atoms with van der Waals surface area (Å²) in [7, 11) is 0. The second kappa shape index (κ2) is 3.47. The molecule has 1 aromatic carbocycles. The van der Waals surface area contributed by atoms with Gasteiger partial charge in [-0.15, -0.1) is 0 Å². The van der Waals surface area contributed by atoms with Crippen LogP contribution in [-0.2, 0) is 0 Å². The molecule has 0 aliphatic heterocycles. The molecule has 0 saturated heterocycles. The summed E-state index contributed by atoms with van der Waals surface area (Å²) in [5.41, 5.74) is 0.574. The van der Waals surface area contributed by atoms with Crippen LogP contribution in [0.3, 0.4) is 0 Å². The third-order valence-electron chi connectivity index (χ3n) is 1.39. The predicted molar refractivity (Wildman–Crippen MR) is 40.8 cm³/mol. The SMILES string of the molecule is Cc1ccc(F)c(NC(F)F)c1. The Labute approximate surface area is 68.2 Å². The van der Waals surface area contributed by atoms with Gasteiger partial charge < -0.3 is 5.32 Å². The number of anilines is 1. The number of hydrogen-bond donors (Lipinski definition) is 1. The lowest BCUT2D eigenvalue weighted by atomic mass is 10.2. The van der Waals surface area contributed by atoms with Gasteiger partial charge in [0.2, 0.25) is 0 Å². The minimum absolute atomic E-state index is 0.162. The van der Waals surface area contributed by atoms with E-state index in [4.69, 9.17) is 0 Å². The molecule has 66 valence electrons. The van der Waals surface area contributed by atoms with Crippen LogP contribution in [0.4, 0.5) is 18.9 Å². The minimum atomic E-state index is -2.73. The first-order valence-corrected chi connectivity index (χ1v) is 3.40. The standard InChI is InChI=1S/C8H8F3N/c1-5-2-3-6(9)7(4-5)12-8(10)11/h2-4,8,12H,1H3. The Morgan fingerprint density at radius 3 is 2.58 bits per heavy atom. The second-order valence-corrected chi connectivity index (χ2v) is 2.43. The maximum absolute atomic E-state index is 12.7. The zero-order chi connectivity index (χ0) is 9.14. The first kappa shape index (κ1) is 8.90. The molecule has 0 radical (unpaired) electrons. The van der Waals surface area contributed by atoms with Gasteiger partial charge in [0, 0.05) is 0 Å². The number of aryl methyl sites for hydroxylation is 1. The third-order valence-corrected chi connectivity index (χ3v) is 1.39. The number of benzene rings is 1. The average Bonchev–Trinajstić information content (AvgIpc) is 1.96. The summed E-state index contributed by atoms with van der Waals surface area (Å²) in [6.07, 6.45) is 0. The molecule has 0 unspecified atom stereocenters. The van der Waals surface area contributed by atoms with E-state index in [1.165, 1.54) is 12.1 Å². The highest BCUT2D eigenvalue weighted by atomic mass is 19.3. The zero-order valence-electron chi connectivity index (χ0n) is 6.44. The monoisotopic (exact) mass is 175 g/mol. The summed E-state index contributed by atoms with van der Waals surface area (Å²) < 4.78 is 36.2. The van der Waals surface area contributed by atoms with Crippen molar-refractivity contribution in [3.05, 3.63) is 29.6 Å². The van der Waals surface area contributed by atoms with Gasteiger partial charge >= 0.3 is 6.55 Å². The molecular weight excluding hydrogens is 167 g/mol. The molecule has 0 heterocycles. The predicted octanol–water partition coefficient (Wildman–Crippen LogP) is 2.77. The van der Waals surface area contributed by atoms with Gasteiger partial charge in [-0.25, -0.2) is 4.39 Å². The molecule has 1 nitrogen and oxygen atoms in total. The van der Waals surface area contributed by atoms with Gasteiger partial charge in [-0.2, -0.15) is 8.78 Å². The van der Waals surface area contributed by atoms with E-state index in [1.54, 1.807) is 12.2 Å². The molecule has 12 heavy (non-hydrogen) atoms. The van der Waals surface area contributed by atoms with Crippen molar-refractivity contribution in [2.45, 2.75) is 13.5 Å². The Morgan fingerprint density at radius 1 is 1.33 bits per heavy atom. The lowest BCUT2D eigenvalue weighted by Crippen LogP contribution is -2.07. The molecule has 0 saturated carbocycles. The van der Waals surface area contributed by atoms with Gasteiger partial charge in [0.25, 0.3) is 0 Å². The second-order valence-electron chi connectivity index (χ2n) is 2.43. The van der Waals surface area contributed by atoms with Crippen LogP contribution in [0.1, 0.15) is 5.56 Å². The topological polar surface area (TPSA) is 12.0 Å². The van der Waals surface area contributed by atoms with E-state index in [1.807, 2.05) is 0 Å². The molecule has 1 rings (SSSR count). The molecule has 4 heteroatoms. The number of hydrogen-bond acceptors (Lipinski definition) is 1. The number of rotatable bonds is 2. The van der Waals surface area contributed by atoms with E-state index in [0.717, 1.165) is 11.6 Å². The summed E-state index contributed by atoms with van der Waals surface area (Å²) in [6, 6.07) is 4.01. The van der Waals surface area contributed by atoms with Crippen LogP contribution < -0.4 is 5.32 Å². The van der Waals surface area contributed by atoms with Crippen molar-refractivity contribution in [2.24, 2.45) is 0 Å². The van der Waals surface area contributed by atoms with Gasteiger partial charge in [-0.05, 0) is 24.6 Å². The van der Waals surface area contributed by atoms with E-state index in [-0.39, 0.29) is 5.69 Å². The zero-order valence-corrected chi connectivity index (χ0v) is 6.44. The van der Waals surface area contributed by atoms with Gasteiger partial charge in [0.05, 0.1) is 5.69 Å². The van der Waals surface area contributed by atoms with Crippen molar-refractivity contribution in [1.82, 2.24) is 0 Å². The highest BCUT2D eigenvalue weighted by Gasteiger charge is 2.06. The Morgan fingerprint density at radius 2 is 2.00 bits per heavy atom. The Balaban J connectivity index is 2.90. The van der Waals surface area contributed by atoms with Gasteiger partial charge in [0.1, 0.15) is 5.82 Å². The van der Waals surface area contributed by atoms with Crippen LogP contribution in [0.5, 0.6) is 0 Å². The van der Waals surface area contributed by atoms with Gasteiger partial charge in [0.15, 0.2) is 0 Å². The van der Waals surface area contributed by atoms with Gasteiger partial charge in [-0.1, -0.05) is 6.07 Å². The van der Waals surface area contributed by atoms with Crippen LogP contribution >= 0.6 is 0 Å². The van der Waals surface area contributed by atoms with Crippen molar-refractivity contribution in [3.8, 4) is 0 Å². The molecule has 1 aromatic rings. The molecule has 0 bridgehead atoms. The van der Waals surface area contributed by atoms with E-state index in [2.05, 4.69) is 0 Å². The lowest BCUT2D eigenvalue weighted by Gasteiger charge is -2.06. The summed E-state index contributed by atoms with van der Waals surface area (Å²) in [5, 5.41) is 1.71. The molecule has 0 aliphatic carbocycles. The number of nitrogens with one attached hydrogen (secondary N) is 1. The molecular formula is C8H8F3N. The van der Waals surface area contributed by atoms with Crippen molar-refractivity contribution in [1.29, 1.82) is 0 Å². The number of halogens is 3. The van der Waals surface area contributed by atoms with E-state index in [0.29, 0.717) is 0 Å². The van der Waals surface area contributed by atoms with E-state index < -0.39 is 12.4 Å². The molecule has 0 atom stereocenters. The first-order valence-electron chi connectivity index (χ1n) is 3.40. The Hall–Kier alpha value is -1.19. The van der Waals surface area contributed by atoms with Crippen LogP contribution in [0.2, 0.25) is 0 Å². The maximum atomic E-state index is 12.7. The van der Waals surface area contributed by atoms with E-state index in [9.17, 15) is 13.2 Å². The molecule has 0 aliphatic rings. The van der Waals surface area contributed by atoms with Crippen LogP contribution in [-0.4, -0.2) is 6.55 Å². The van der Waals surface area contributed by atoms with Crippen LogP contribution in [0.25, 0.3) is 0 Å². The smallest absolute Gasteiger partial charge is 0.313 e. The molecule has 0 spiro atoms. The van der Waals surface area contributed by atoms with Crippen molar-refractivity contribution in [2.75, 3.05) is 5.32 Å². The normalized spacial score (nSPS) is 10.4. The van der Waals surface area contributed by atoms with Crippen LogP contribution in [0.15, 0.2) is 18.2 Å². The van der Waals surface area contributed by atoms with E-state index >= 15 is 0 Å². The van der Waals surface area contributed by atoms with Crippen molar-refractivity contribution < 1.29 is 13.2 Å². The fraction of sp³-hybridized carbons (Fsp3) is 0.250. The summed E-state index contributed by atoms with van der Waals surface area (Å²) in [6.45, 7) is -1.03. The average molecular weight is 175 g/mol. The Bertz CT molecular complexity index is 273. The molecule has 1 N–H and O–H groups in total. The largest absolute Gasteiger partial charge is 0.327 e.